The van der Waals surface area contributed by atoms with Crippen LogP contribution in [0.4, 0.5) is 0 Å². The van der Waals surface area contributed by atoms with Gasteiger partial charge in [0, 0.05) is 23.7 Å². The quantitative estimate of drug-likeness (QED) is 0.849. The monoisotopic (exact) mass is 257 g/mol. The molecule has 1 atom stereocenters. The largest absolute Gasteiger partial charge is 0.396 e. The Balaban J connectivity index is 2.34. The molecule has 0 fully saturated rings. The molecule has 0 saturated heterocycles. The van der Waals surface area contributed by atoms with Crippen molar-refractivity contribution < 1.29 is 5.11 Å². The topological polar surface area (TPSA) is 32.3 Å². The first-order valence-corrected chi connectivity index (χ1v) is 5.60. The van der Waals surface area contributed by atoms with Crippen LogP contribution in [0.5, 0.6) is 0 Å². The van der Waals surface area contributed by atoms with Crippen molar-refractivity contribution in [3.8, 4) is 0 Å². The minimum atomic E-state index is 0.245. The van der Waals surface area contributed by atoms with E-state index in [2.05, 4.69) is 40.3 Å². The van der Waals surface area contributed by atoms with Gasteiger partial charge in [-0.25, -0.2) is 0 Å². The predicted octanol–water partition coefficient (Wildman–Crippen LogP) is 2.31. The van der Waals surface area contributed by atoms with Crippen LogP contribution in [0.1, 0.15) is 18.9 Å². The van der Waals surface area contributed by atoms with Gasteiger partial charge in [0.05, 0.1) is 0 Å². The molecule has 0 aliphatic carbocycles. The number of rotatable bonds is 5. The third kappa shape index (κ3) is 4.22. The SMILES string of the molecule is C[C@H](CCO)NCc1ccc(Br)cc1. The molecular weight excluding hydrogens is 242 g/mol. The Kier molecular flexibility index (Phi) is 5.15. The van der Waals surface area contributed by atoms with Gasteiger partial charge in [0.2, 0.25) is 0 Å². The maximum absolute atomic E-state index is 8.72. The zero-order chi connectivity index (χ0) is 10.4. The van der Waals surface area contributed by atoms with E-state index in [-0.39, 0.29) is 6.61 Å². The lowest BCUT2D eigenvalue weighted by atomic mass is 10.2. The Morgan fingerprint density at radius 1 is 1.36 bits per heavy atom. The molecule has 1 aromatic rings. The summed E-state index contributed by atoms with van der Waals surface area (Å²) in [6.45, 7) is 3.18. The highest BCUT2D eigenvalue weighted by atomic mass is 79.9. The summed E-state index contributed by atoms with van der Waals surface area (Å²) in [6, 6.07) is 8.61. The van der Waals surface area contributed by atoms with Crippen molar-refractivity contribution in [1.29, 1.82) is 0 Å². The molecule has 1 aromatic carbocycles. The molecule has 0 spiro atoms. The molecule has 0 unspecified atom stereocenters. The van der Waals surface area contributed by atoms with Gasteiger partial charge in [-0.15, -0.1) is 0 Å². The minimum Gasteiger partial charge on any atom is -0.396 e. The molecule has 1 rings (SSSR count). The summed E-state index contributed by atoms with van der Waals surface area (Å²) in [7, 11) is 0. The van der Waals surface area contributed by atoms with Gasteiger partial charge in [0.15, 0.2) is 0 Å². The van der Waals surface area contributed by atoms with Gasteiger partial charge in [-0.3, -0.25) is 0 Å². The molecule has 0 bridgehead atoms. The lowest BCUT2D eigenvalue weighted by molar-refractivity contribution is 0.268. The number of aliphatic hydroxyl groups is 1. The lowest BCUT2D eigenvalue weighted by Gasteiger charge is -2.12. The van der Waals surface area contributed by atoms with E-state index >= 15 is 0 Å². The van der Waals surface area contributed by atoms with Gasteiger partial charge in [-0.05, 0) is 31.0 Å². The average Bonchev–Trinajstić information content (AvgIpc) is 2.17. The van der Waals surface area contributed by atoms with Gasteiger partial charge in [-0.2, -0.15) is 0 Å². The molecule has 0 amide bonds. The molecule has 0 aliphatic rings. The van der Waals surface area contributed by atoms with Crippen LogP contribution >= 0.6 is 15.9 Å². The van der Waals surface area contributed by atoms with E-state index in [0.717, 1.165) is 17.4 Å². The van der Waals surface area contributed by atoms with Crippen molar-refractivity contribution in [3.63, 3.8) is 0 Å². The van der Waals surface area contributed by atoms with Crippen LogP contribution in [0.15, 0.2) is 28.7 Å². The molecule has 0 aromatic heterocycles. The summed E-state index contributed by atoms with van der Waals surface area (Å²) in [5.41, 5.74) is 1.26. The van der Waals surface area contributed by atoms with E-state index in [0.29, 0.717) is 6.04 Å². The molecule has 2 nitrogen and oxygen atoms in total. The molecule has 3 heteroatoms. The van der Waals surface area contributed by atoms with E-state index in [1.165, 1.54) is 5.56 Å². The highest BCUT2D eigenvalue weighted by molar-refractivity contribution is 9.10. The average molecular weight is 258 g/mol. The fourth-order valence-electron chi connectivity index (χ4n) is 1.19. The number of hydrogen-bond acceptors (Lipinski definition) is 2. The van der Waals surface area contributed by atoms with E-state index in [4.69, 9.17) is 5.11 Å². The predicted molar refractivity (Wildman–Crippen MR) is 62.1 cm³/mol. The maximum Gasteiger partial charge on any atom is 0.0445 e. The smallest absolute Gasteiger partial charge is 0.0445 e. The lowest BCUT2D eigenvalue weighted by Crippen LogP contribution is -2.26. The van der Waals surface area contributed by atoms with E-state index in [1.54, 1.807) is 0 Å². The molecule has 2 N–H and O–H groups in total. The normalized spacial score (nSPS) is 12.8. The number of benzene rings is 1. The number of hydrogen-bond donors (Lipinski definition) is 2. The summed E-state index contributed by atoms with van der Waals surface area (Å²) < 4.78 is 1.10. The molecular formula is C11H16BrNO. The first-order chi connectivity index (χ1) is 6.72. The van der Waals surface area contributed by atoms with Gasteiger partial charge in [0.25, 0.3) is 0 Å². The van der Waals surface area contributed by atoms with Gasteiger partial charge in [0.1, 0.15) is 0 Å². The second-order valence-corrected chi connectivity index (χ2v) is 4.34. The highest BCUT2D eigenvalue weighted by Gasteiger charge is 1.99. The first kappa shape index (κ1) is 11.7. The third-order valence-electron chi connectivity index (χ3n) is 2.13. The van der Waals surface area contributed by atoms with Gasteiger partial charge in [-0.1, -0.05) is 28.1 Å². The van der Waals surface area contributed by atoms with Crippen LogP contribution in [0, 0.1) is 0 Å². The number of nitrogens with one attached hydrogen (secondary N) is 1. The summed E-state index contributed by atoms with van der Waals surface area (Å²) in [4.78, 5) is 0. The van der Waals surface area contributed by atoms with Crippen LogP contribution in [0.2, 0.25) is 0 Å². The van der Waals surface area contributed by atoms with Crippen molar-refractivity contribution in [2.24, 2.45) is 0 Å². The van der Waals surface area contributed by atoms with Crippen LogP contribution in [0.3, 0.4) is 0 Å². The molecule has 0 saturated carbocycles. The Morgan fingerprint density at radius 2 is 2.00 bits per heavy atom. The Bertz CT molecular complexity index is 260. The van der Waals surface area contributed by atoms with Crippen molar-refractivity contribution in [2.75, 3.05) is 6.61 Å². The zero-order valence-corrected chi connectivity index (χ0v) is 9.92. The first-order valence-electron chi connectivity index (χ1n) is 4.81. The van der Waals surface area contributed by atoms with Crippen molar-refractivity contribution in [3.05, 3.63) is 34.3 Å². The number of aliphatic hydroxyl groups excluding tert-OH is 1. The maximum atomic E-state index is 8.72. The zero-order valence-electron chi connectivity index (χ0n) is 8.33. The minimum absolute atomic E-state index is 0.245. The second-order valence-electron chi connectivity index (χ2n) is 3.42. The van der Waals surface area contributed by atoms with Crippen LogP contribution in [-0.4, -0.2) is 17.8 Å². The standard InChI is InChI=1S/C11H16BrNO/c1-9(6-7-14)13-8-10-2-4-11(12)5-3-10/h2-5,9,13-14H,6-8H2,1H3/t9-/m1/s1. The van der Waals surface area contributed by atoms with Crippen molar-refractivity contribution in [1.82, 2.24) is 5.32 Å². The Labute approximate surface area is 93.5 Å². The van der Waals surface area contributed by atoms with Crippen LogP contribution in [-0.2, 0) is 6.54 Å². The Morgan fingerprint density at radius 3 is 2.57 bits per heavy atom. The summed E-state index contributed by atoms with van der Waals surface area (Å²) >= 11 is 3.40. The van der Waals surface area contributed by atoms with Crippen LogP contribution < -0.4 is 5.32 Å². The molecule has 14 heavy (non-hydrogen) atoms. The second kappa shape index (κ2) is 6.17. The molecule has 0 radical (unpaired) electrons. The Hall–Kier alpha value is -0.380. The summed E-state index contributed by atoms with van der Waals surface area (Å²) in [6.07, 6.45) is 0.802. The highest BCUT2D eigenvalue weighted by Crippen LogP contribution is 2.10. The molecule has 0 heterocycles. The van der Waals surface area contributed by atoms with Crippen molar-refractivity contribution >= 4 is 15.9 Å². The van der Waals surface area contributed by atoms with Gasteiger partial charge < -0.3 is 10.4 Å². The van der Waals surface area contributed by atoms with Crippen LogP contribution in [0.25, 0.3) is 0 Å². The molecule has 78 valence electrons. The van der Waals surface area contributed by atoms with E-state index in [1.807, 2.05) is 12.1 Å². The van der Waals surface area contributed by atoms with Crippen molar-refractivity contribution in [2.45, 2.75) is 25.9 Å². The fraction of sp³-hybridized carbons (Fsp3) is 0.455. The van der Waals surface area contributed by atoms with Gasteiger partial charge >= 0.3 is 0 Å². The fourth-order valence-corrected chi connectivity index (χ4v) is 1.45. The van der Waals surface area contributed by atoms with E-state index in [9.17, 15) is 0 Å². The number of halogens is 1. The summed E-state index contributed by atoms with van der Waals surface area (Å²) in [5, 5.41) is 12.1. The third-order valence-corrected chi connectivity index (χ3v) is 2.66. The van der Waals surface area contributed by atoms with E-state index < -0.39 is 0 Å². The molecule has 0 aliphatic heterocycles. The summed E-state index contributed by atoms with van der Waals surface area (Å²) in [5.74, 6) is 0.